The first-order chi connectivity index (χ1) is 14.8. The van der Waals surface area contributed by atoms with Crippen LogP contribution >= 0.6 is 11.6 Å². The Kier molecular flexibility index (Phi) is 4.87. The summed E-state index contributed by atoms with van der Waals surface area (Å²) < 4.78 is 30.8. The first kappa shape index (κ1) is 20.8. The van der Waals surface area contributed by atoms with Crippen LogP contribution in [0.4, 0.5) is 4.39 Å². The fourth-order valence-electron chi connectivity index (χ4n) is 4.34. The summed E-state index contributed by atoms with van der Waals surface area (Å²) in [5.41, 5.74) is -0.158. The van der Waals surface area contributed by atoms with Gasteiger partial charge in [0.2, 0.25) is 5.79 Å². The number of ether oxygens (including phenoxy) is 2. The fourth-order valence-corrected chi connectivity index (χ4v) is 4.52. The topological polar surface area (TPSA) is 113 Å². The summed E-state index contributed by atoms with van der Waals surface area (Å²) in [6, 6.07) is 10.9. The smallest absolute Gasteiger partial charge is 0.225 e. The molecule has 3 heterocycles. The van der Waals surface area contributed by atoms with Crippen molar-refractivity contribution < 1.29 is 38.7 Å². The molecule has 2 fully saturated rings. The van der Waals surface area contributed by atoms with Crippen LogP contribution in [-0.4, -0.2) is 57.6 Å². The Hall–Kier alpha value is -2.04. The highest BCUT2D eigenvalue weighted by atomic mass is 35.5. The molecule has 0 aliphatic carbocycles. The van der Waals surface area contributed by atoms with Crippen LogP contribution in [0.5, 0.6) is 0 Å². The molecule has 7 nitrogen and oxygen atoms in total. The molecule has 2 aliphatic heterocycles. The second kappa shape index (κ2) is 7.25. The number of aliphatic hydroxyl groups is 4. The normalized spacial score (nSPS) is 32.6. The minimum atomic E-state index is -1.78. The Morgan fingerprint density at radius 2 is 1.87 bits per heavy atom. The van der Waals surface area contributed by atoms with Gasteiger partial charge in [-0.05, 0) is 35.9 Å². The Morgan fingerprint density at radius 1 is 1.06 bits per heavy atom. The standard InChI is InChI=1S/C22H20ClFO7/c23-16-4-2-13(22-20(28)18(26)19(27)21(9-25,31-22)10-29-22)5-12(16)7-15-6-11-1-3-14(24)8-17(11)30-15/h1-6,8,18-20,25-28H,7,9-10H2/t18-,19-,20+,21-,22-/m0/s1. The lowest BCUT2D eigenvalue weighted by Crippen LogP contribution is -2.65. The van der Waals surface area contributed by atoms with E-state index >= 15 is 0 Å². The highest BCUT2D eigenvalue weighted by Crippen LogP contribution is 2.49. The summed E-state index contributed by atoms with van der Waals surface area (Å²) in [6.45, 7) is -0.818. The maximum atomic E-state index is 13.4. The van der Waals surface area contributed by atoms with E-state index < -0.39 is 42.1 Å². The Balaban J connectivity index is 1.52. The first-order valence-corrected chi connectivity index (χ1v) is 10.1. The van der Waals surface area contributed by atoms with Crippen LogP contribution in [0, 0.1) is 5.82 Å². The molecule has 0 saturated carbocycles. The molecule has 0 unspecified atom stereocenters. The molecule has 2 aromatic carbocycles. The third-order valence-corrected chi connectivity index (χ3v) is 6.44. The van der Waals surface area contributed by atoms with Crippen LogP contribution < -0.4 is 0 Å². The Morgan fingerprint density at radius 3 is 2.65 bits per heavy atom. The van der Waals surface area contributed by atoms with Crippen molar-refractivity contribution in [1.29, 1.82) is 0 Å². The van der Waals surface area contributed by atoms with Gasteiger partial charge < -0.3 is 34.3 Å². The van der Waals surface area contributed by atoms with Crippen LogP contribution in [-0.2, 0) is 21.7 Å². The van der Waals surface area contributed by atoms with E-state index in [4.69, 9.17) is 25.5 Å². The van der Waals surface area contributed by atoms with Crippen LogP contribution in [0.3, 0.4) is 0 Å². The lowest BCUT2D eigenvalue weighted by molar-refractivity contribution is -0.329. The second-order valence-electron chi connectivity index (χ2n) is 8.04. The molecular weight excluding hydrogens is 431 g/mol. The molecule has 5 atom stereocenters. The van der Waals surface area contributed by atoms with Crippen molar-refractivity contribution >= 4 is 22.6 Å². The highest BCUT2D eigenvalue weighted by molar-refractivity contribution is 6.31. The Bertz CT molecular complexity index is 1150. The van der Waals surface area contributed by atoms with E-state index in [1.165, 1.54) is 12.1 Å². The number of rotatable bonds is 4. The molecule has 164 valence electrons. The predicted octanol–water partition coefficient (Wildman–Crippen LogP) is 1.84. The minimum Gasteiger partial charge on any atom is -0.461 e. The molecule has 2 aliphatic rings. The molecule has 0 radical (unpaired) electrons. The highest BCUT2D eigenvalue weighted by Gasteiger charge is 2.67. The van der Waals surface area contributed by atoms with E-state index in [1.807, 2.05) is 0 Å². The summed E-state index contributed by atoms with van der Waals surface area (Å²) >= 11 is 6.38. The molecule has 2 bridgehead atoms. The van der Waals surface area contributed by atoms with Crippen LogP contribution in [0.25, 0.3) is 11.0 Å². The summed E-state index contributed by atoms with van der Waals surface area (Å²) in [7, 11) is 0. The lowest BCUT2D eigenvalue weighted by Gasteiger charge is -2.46. The zero-order chi connectivity index (χ0) is 22.0. The van der Waals surface area contributed by atoms with E-state index in [-0.39, 0.29) is 13.0 Å². The molecule has 5 rings (SSSR count). The molecule has 9 heteroatoms. The van der Waals surface area contributed by atoms with Gasteiger partial charge in [-0.15, -0.1) is 0 Å². The zero-order valence-electron chi connectivity index (χ0n) is 16.2. The molecule has 4 N–H and O–H groups in total. The SMILES string of the molecule is OC[C@@]12CO[C@@](c3ccc(Cl)c(Cc4cc5ccc(F)cc5o4)c3)(O1)[C@H](O)[C@@H](O)[C@@H]2O. The van der Waals surface area contributed by atoms with E-state index in [2.05, 4.69) is 0 Å². The summed E-state index contributed by atoms with van der Waals surface area (Å²) in [5, 5.41) is 42.3. The van der Waals surface area contributed by atoms with E-state index in [1.54, 1.807) is 30.3 Å². The molecule has 31 heavy (non-hydrogen) atoms. The predicted molar refractivity (Wildman–Crippen MR) is 107 cm³/mol. The average Bonchev–Trinajstić information content (AvgIpc) is 3.34. The van der Waals surface area contributed by atoms with Crippen LogP contribution in [0.1, 0.15) is 16.9 Å². The van der Waals surface area contributed by atoms with Crippen molar-refractivity contribution in [3.63, 3.8) is 0 Å². The van der Waals surface area contributed by atoms with Crippen molar-refractivity contribution in [1.82, 2.24) is 0 Å². The number of furan rings is 1. The fraction of sp³-hybridized carbons (Fsp3) is 0.364. The lowest BCUT2D eigenvalue weighted by atomic mass is 9.83. The average molecular weight is 451 g/mol. The number of hydrogen-bond donors (Lipinski definition) is 4. The van der Waals surface area contributed by atoms with Crippen LogP contribution in [0.2, 0.25) is 5.02 Å². The molecule has 2 saturated heterocycles. The van der Waals surface area contributed by atoms with Gasteiger partial charge in [-0.25, -0.2) is 4.39 Å². The van der Waals surface area contributed by atoms with Gasteiger partial charge in [-0.3, -0.25) is 0 Å². The summed E-state index contributed by atoms with van der Waals surface area (Å²) in [4.78, 5) is 0. The molecule has 3 aromatic rings. The van der Waals surface area contributed by atoms with E-state index in [9.17, 15) is 24.8 Å². The number of benzene rings is 2. The van der Waals surface area contributed by atoms with Crippen molar-refractivity contribution in [3.8, 4) is 0 Å². The van der Waals surface area contributed by atoms with Crippen molar-refractivity contribution in [2.45, 2.75) is 36.1 Å². The quantitative estimate of drug-likeness (QED) is 0.480. The van der Waals surface area contributed by atoms with Gasteiger partial charge in [0.15, 0.2) is 0 Å². The second-order valence-corrected chi connectivity index (χ2v) is 8.45. The Labute approximate surface area is 181 Å². The number of halogens is 2. The van der Waals surface area contributed by atoms with Gasteiger partial charge in [0.05, 0.1) is 13.2 Å². The van der Waals surface area contributed by atoms with Gasteiger partial charge in [-0.1, -0.05) is 17.7 Å². The molecule has 0 amide bonds. The van der Waals surface area contributed by atoms with E-state index in [0.29, 0.717) is 27.5 Å². The maximum Gasteiger partial charge on any atom is 0.225 e. The number of fused-ring (bicyclic) bond motifs is 3. The van der Waals surface area contributed by atoms with E-state index in [0.717, 1.165) is 5.39 Å². The number of hydrogen-bond acceptors (Lipinski definition) is 7. The van der Waals surface area contributed by atoms with Crippen LogP contribution in [0.15, 0.2) is 46.9 Å². The first-order valence-electron chi connectivity index (χ1n) is 9.74. The van der Waals surface area contributed by atoms with Crippen molar-refractivity contribution in [3.05, 3.63) is 70.2 Å². The molecular formula is C22H20ClFO7. The monoisotopic (exact) mass is 450 g/mol. The van der Waals surface area contributed by atoms with Gasteiger partial charge in [-0.2, -0.15) is 0 Å². The molecule has 1 aromatic heterocycles. The van der Waals surface area contributed by atoms with Crippen molar-refractivity contribution in [2.75, 3.05) is 13.2 Å². The minimum absolute atomic E-state index is 0.216. The van der Waals surface area contributed by atoms with Crippen molar-refractivity contribution in [2.24, 2.45) is 0 Å². The number of aliphatic hydroxyl groups excluding tert-OH is 4. The third kappa shape index (κ3) is 3.10. The van der Waals surface area contributed by atoms with Gasteiger partial charge in [0, 0.05) is 28.5 Å². The zero-order valence-corrected chi connectivity index (χ0v) is 16.9. The van der Waals surface area contributed by atoms with Gasteiger partial charge >= 0.3 is 0 Å². The molecule has 0 spiro atoms. The summed E-state index contributed by atoms with van der Waals surface area (Å²) in [5.74, 6) is -1.63. The van der Waals surface area contributed by atoms with Gasteiger partial charge in [0.1, 0.15) is 41.1 Å². The van der Waals surface area contributed by atoms with Gasteiger partial charge in [0.25, 0.3) is 0 Å². The third-order valence-electron chi connectivity index (χ3n) is 6.07. The largest absolute Gasteiger partial charge is 0.461 e. The maximum absolute atomic E-state index is 13.4. The summed E-state index contributed by atoms with van der Waals surface area (Å²) in [6.07, 6.45) is -4.45.